The summed E-state index contributed by atoms with van der Waals surface area (Å²) in [4.78, 5) is 23.1. The van der Waals surface area contributed by atoms with E-state index < -0.39 is 30.5 Å². The standard InChI is InChI=1S/C13H14F3NO3S/c1-8-4-2-3-5-10(8)21-7-11(18)17-9(12(19)20)6-13(14,15)16/h2-5,9H,6-7H2,1H3,(H,17,18)(H,19,20). The Balaban J connectivity index is 2.55. The van der Waals surface area contributed by atoms with E-state index in [2.05, 4.69) is 0 Å². The van der Waals surface area contributed by atoms with Crippen LogP contribution in [0.1, 0.15) is 12.0 Å². The summed E-state index contributed by atoms with van der Waals surface area (Å²) in [6.07, 6.45) is -6.25. The van der Waals surface area contributed by atoms with Gasteiger partial charge in [-0.1, -0.05) is 18.2 Å². The van der Waals surface area contributed by atoms with Gasteiger partial charge in [0, 0.05) is 4.90 Å². The molecule has 0 heterocycles. The Morgan fingerprint density at radius 1 is 1.33 bits per heavy atom. The number of alkyl halides is 3. The van der Waals surface area contributed by atoms with E-state index in [1.165, 1.54) is 0 Å². The van der Waals surface area contributed by atoms with Crippen molar-refractivity contribution in [3.8, 4) is 0 Å². The van der Waals surface area contributed by atoms with Crippen LogP contribution in [0.4, 0.5) is 13.2 Å². The molecule has 0 aromatic heterocycles. The SMILES string of the molecule is Cc1ccccc1SCC(=O)NC(CC(F)(F)F)C(=O)O. The van der Waals surface area contributed by atoms with Crippen LogP contribution < -0.4 is 5.32 Å². The highest BCUT2D eigenvalue weighted by Crippen LogP contribution is 2.23. The predicted octanol–water partition coefficient (Wildman–Crippen LogP) is 2.61. The number of aryl methyl sites for hydroxylation is 1. The number of rotatable bonds is 6. The number of amides is 1. The van der Waals surface area contributed by atoms with Crippen molar-refractivity contribution in [2.75, 3.05) is 5.75 Å². The minimum Gasteiger partial charge on any atom is -0.480 e. The van der Waals surface area contributed by atoms with Gasteiger partial charge in [0.05, 0.1) is 12.2 Å². The molecule has 0 saturated heterocycles. The molecule has 8 heteroatoms. The fourth-order valence-corrected chi connectivity index (χ4v) is 2.37. The van der Waals surface area contributed by atoms with Crippen LogP contribution in [-0.2, 0) is 9.59 Å². The van der Waals surface area contributed by atoms with Gasteiger partial charge in [-0.15, -0.1) is 11.8 Å². The normalized spacial score (nSPS) is 12.8. The van der Waals surface area contributed by atoms with Gasteiger partial charge in [-0.3, -0.25) is 4.79 Å². The van der Waals surface area contributed by atoms with E-state index in [-0.39, 0.29) is 5.75 Å². The van der Waals surface area contributed by atoms with Gasteiger partial charge in [0.15, 0.2) is 0 Å². The lowest BCUT2D eigenvalue weighted by atomic mass is 10.2. The summed E-state index contributed by atoms with van der Waals surface area (Å²) in [6.45, 7) is 1.84. The zero-order chi connectivity index (χ0) is 16.0. The molecule has 0 radical (unpaired) electrons. The molecule has 0 aliphatic carbocycles. The average molecular weight is 321 g/mol. The first kappa shape index (κ1) is 17.4. The first-order valence-electron chi connectivity index (χ1n) is 5.96. The Labute approximate surface area is 123 Å². The highest BCUT2D eigenvalue weighted by atomic mass is 32.2. The third-order valence-corrected chi connectivity index (χ3v) is 3.70. The summed E-state index contributed by atoms with van der Waals surface area (Å²) in [6, 6.07) is 5.25. The predicted molar refractivity (Wildman–Crippen MR) is 72.1 cm³/mol. The molecule has 1 aromatic rings. The first-order valence-corrected chi connectivity index (χ1v) is 6.95. The van der Waals surface area contributed by atoms with Crippen LogP contribution in [0.5, 0.6) is 0 Å². The van der Waals surface area contributed by atoms with Crippen LogP contribution in [-0.4, -0.2) is 35.0 Å². The second-order valence-electron chi connectivity index (χ2n) is 4.33. The Hall–Kier alpha value is -1.70. The number of hydrogen-bond donors (Lipinski definition) is 2. The fourth-order valence-electron chi connectivity index (χ4n) is 1.53. The molecule has 0 fully saturated rings. The number of halogens is 3. The molecule has 2 N–H and O–H groups in total. The Kier molecular flexibility index (Phi) is 6.07. The highest BCUT2D eigenvalue weighted by Gasteiger charge is 2.36. The summed E-state index contributed by atoms with van der Waals surface area (Å²) in [5.74, 6) is -2.60. The molecular formula is C13H14F3NO3S. The van der Waals surface area contributed by atoms with Gasteiger partial charge >= 0.3 is 12.1 Å². The van der Waals surface area contributed by atoms with Crippen molar-refractivity contribution < 1.29 is 27.9 Å². The molecule has 4 nitrogen and oxygen atoms in total. The number of nitrogens with one attached hydrogen (secondary N) is 1. The van der Waals surface area contributed by atoms with Gasteiger partial charge in [-0.25, -0.2) is 4.79 Å². The molecule has 0 saturated carbocycles. The minimum absolute atomic E-state index is 0.146. The van der Waals surface area contributed by atoms with E-state index in [9.17, 15) is 22.8 Å². The second kappa shape index (κ2) is 7.35. The van der Waals surface area contributed by atoms with Gasteiger partial charge < -0.3 is 10.4 Å². The molecule has 116 valence electrons. The van der Waals surface area contributed by atoms with Crippen LogP contribution >= 0.6 is 11.8 Å². The monoisotopic (exact) mass is 321 g/mol. The average Bonchev–Trinajstić information content (AvgIpc) is 2.35. The van der Waals surface area contributed by atoms with E-state index in [1.54, 1.807) is 12.1 Å². The number of hydrogen-bond acceptors (Lipinski definition) is 3. The van der Waals surface area contributed by atoms with Gasteiger partial charge in [-0.05, 0) is 18.6 Å². The maximum absolute atomic E-state index is 12.2. The highest BCUT2D eigenvalue weighted by molar-refractivity contribution is 8.00. The van der Waals surface area contributed by atoms with Crippen molar-refractivity contribution in [1.29, 1.82) is 0 Å². The smallest absolute Gasteiger partial charge is 0.391 e. The molecule has 21 heavy (non-hydrogen) atoms. The summed E-state index contributed by atoms with van der Waals surface area (Å²) < 4.78 is 36.6. The fraction of sp³-hybridized carbons (Fsp3) is 0.385. The number of carboxylic acids is 1. The van der Waals surface area contributed by atoms with E-state index in [0.717, 1.165) is 22.2 Å². The summed E-state index contributed by atoms with van der Waals surface area (Å²) >= 11 is 1.14. The molecular weight excluding hydrogens is 307 g/mol. The summed E-state index contributed by atoms with van der Waals surface area (Å²) in [5, 5.41) is 10.6. The van der Waals surface area contributed by atoms with Gasteiger partial charge in [0.25, 0.3) is 0 Å². The molecule has 0 aliphatic rings. The number of thioether (sulfide) groups is 1. The molecule has 1 aromatic carbocycles. The molecule has 0 spiro atoms. The number of aliphatic carboxylic acids is 1. The quantitative estimate of drug-likeness (QED) is 0.791. The lowest BCUT2D eigenvalue weighted by Crippen LogP contribution is -2.44. The van der Waals surface area contributed by atoms with Crippen molar-refractivity contribution in [1.82, 2.24) is 5.32 Å². The van der Waals surface area contributed by atoms with Crippen LogP contribution in [0.3, 0.4) is 0 Å². The zero-order valence-corrected chi connectivity index (χ0v) is 11.9. The molecule has 1 rings (SSSR count). The number of benzene rings is 1. The number of carbonyl (C=O) groups excluding carboxylic acids is 1. The van der Waals surface area contributed by atoms with Crippen LogP contribution in [0.25, 0.3) is 0 Å². The first-order chi connectivity index (χ1) is 9.69. The minimum atomic E-state index is -4.65. The van der Waals surface area contributed by atoms with Crippen molar-refractivity contribution in [3.05, 3.63) is 29.8 Å². The Morgan fingerprint density at radius 2 is 1.95 bits per heavy atom. The van der Waals surface area contributed by atoms with E-state index in [4.69, 9.17) is 5.11 Å². The van der Waals surface area contributed by atoms with Crippen molar-refractivity contribution in [2.45, 2.75) is 30.5 Å². The maximum atomic E-state index is 12.2. The largest absolute Gasteiger partial charge is 0.480 e. The third-order valence-electron chi connectivity index (χ3n) is 2.52. The number of carbonyl (C=O) groups is 2. The topological polar surface area (TPSA) is 66.4 Å². The third kappa shape index (κ3) is 6.52. The van der Waals surface area contributed by atoms with Crippen LogP contribution in [0, 0.1) is 6.92 Å². The molecule has 1 atom stereocenters. The van der Waals surface area contributed by atoms with Crippen LogP contribution in [0.2, 0.25) is 0 Å². The van der Waals surface area contributed by atoms with Gasteiger partial charge in [-0.2, -0.15) is 13.2 Å². The molecule has 1 unspecified atom stereocenters. The number of carboxylic acid groups (broad SMARTS) is 1. The van der Waals surface area contributed by atoms with Gasteiger partial charge in [0.1, 0.15) is 6.04 Å². The van der Waals surface area contributed by atoms with E-state index in [0.29, 0.717) is 0 Å². The Morgan fingerprint density at radius 3 is 2.48 bits per heavy atom. The maximum Gasteiger partial charge on any atom is 0.391 e. The molecule has 1 amide bonds. The van der Waals surface area contributed by atoms with Crippen molar-refractivity contribution in [2.24, 2.45) is 0 Å². The van der Waals surface area contributed by atoms with Crippen LogP contribution in [0.15, 0.2) is 29.2 Å². The molecule has 0 bridgehead atoms. The van der Waals surface area contributed by atoms with E-state index in [1.807, 2.05) is 24.4 Å². The van der Waals surface area contributed by atoms with E-state index >= 15 is 0 Å². The zero-order valence-electron chi connectivity index (χ0n) is 11.1. The van der Waals surface area contributed by atoms with Gasteiger partial charge in [0.2, 0.25) is 5.91 Å². The second-order valence-corrected chi connectivity index (χ2v) is 5.35. The lowest BCUT2D eigenvalue weighted by molar-refractivity contribution is -0.159. The lowest BCUT2D eigenvalue weighted by Gasteiger charge is -2.16. The summed E-state index contributed by atoms with van der Waals surface area (Å²) in [5.41, 5.74) is 0.931. The Bertz CT molecular complexity index is 520. The van der Waals surface area contributed by atoms with Crippen molar-refractivity contribution >= 4 is 23.6 Å². The van der Waals surface area contributed by atoms with Crippen molar-refractivity contribution in [3.63, 3.8) is 0 Å². The molecule has 0 aliphatic heterocycles. The summed E-state index contributed by atoms with van der Waals surface area (Å²) in [7, 11) is 0.